The Labute approximate surface area is 120 Å². The molecule has 0 aliphatic heterocycles. The van der Waals surface area contributed by atoms with Crippen molar-refractivity contribution in [2.24, 2.45) is 0 Å². The summed E-state index contributed by atoms with van der Waals surface area (Å²) in [5, 5.41) is 8.79. The maximum Gasteiger partial charge on any atom is 0.424 e. The number of carboxylic acids is 1. The molecular weight excluding hydrogens is 289 g/mol. The van der Waals surface area contributed by atoms with Crippen molar-refractivity contribution >= 4 is 5.97 Å². The number of carbonyl (C=O) groups is 1. The number of alkyl halides is 3. The Morgan fingerprint density at radius 2 is 1.76 bits per heavy atom. The first-order valence-corrected chi connectivity index (χ1v) is 6.21. The van der Waals surface area contributed by atoms with Crippen LogP contribution in [0.4, 0.5) is 13.2 Å². The molecule has 1 aromatic rings. The van der Waals surface area contributed by atoms with Crippen LogP contribution >= 0.6 is 0 Å². The molecule has 1 rings (SSSR count). The number of hydrogen-bond donors (Lipinski definition) is 1. The molecule has 7 heteroatoms. The molecule has 0 fully saturated rings. The van der Waals surface area contributed by atoms with Gasteiger partial charge in [0.15, 0.2) is 0 Å². The molecule has 4 nitrogen and oxygen atoms in total. The summed E-state index contributed by atoms with van der Waals surface area (Å²) >= 11 is 0. The summed E-state index contributed by atoms with van der Waals surface area (Å²) in [6.45, 7) is 2.52. The van der Waals surface area contributed by atoms with Crippen molar-refractivity contribution in [3.05, 3.63) is 35.4 Å². The number of methoxy groups -OCH3 is 1. The minimum absolute atomic E-state index is 0.101. The molecule has 0 radical (unpaired) electrons. The van der Waals surface area contributed by atoms with E-state index in [9.17, 15) is 18.0 Å². The van der Waals surface area contributed by atoms with Crippen LogP contribution in [0.2, 0.25) is 0 Å². The summed E-state index contributed by atoms with van der Waals surface area (Å²) in [6, 6.07) is 4.38. The summed E-state index contributed by atoms with van der Waals surface area (Å²) in [5.41, 5.74) is -2.94. The predicted molar refractivity (Wildman–Crippen MR) is 69.2 cm³/mol. The van der Waals surface area contributed by atoms with Gasteiger partial charge in [0.05, 0.1) is 18.3 Å². The predicted octanol–water partition coefficient (Wildman–Crippen LogP) is 3.21. The molecule has 0 aromatic heterocycles. The van der Waals surface area contributed by atoms with E-state index in [0.717, 1.165) is 31.4 Å². The molecular formula is C14H17F3O4. The third-order valence-corrected chi connectivity index (χ3v) is 3.02. The molecule has 0 saturated heterocycles. The highest BCUT2D eigenvalue weighted by atomic mass is 19.4. The molecule has 0 bridgehead atoms. The molecule has 0 saturated carbocycles. The molecule has 0 aliphatic rings. The van der Waals surface area contributed by atoms with Gasteiger partial charge >= 0.3 is 12.1 Å². The molecule has 1 unspecified atom stereocenters. The van der Waals surface area contributed by atoms with Crippen LogP contribution < -0.4 is 0 Å². The Kier molecular flexibility index (Phi) is 5.36. The first kappa shape index (κ1) is 17.5. The van der Waals surface area contributed by atoms with Gasteiger partial charge in [-0.25, -0.2) is 4.79 Å². The highest BCUT2D eigenvalue weighted by Crippen LogP contribution is 2.42. The number of carboxylic acid groups (broad SMARTS) is 1. The Balaban J connectivity index is 3.25. The molecule has 0 spiro atoms. The van der Waals surface area contributed by atoms with Crippen molar-refractivity contribution < 1.29 is 32.5 Å². The van der Waals surface area contributed by atoms with E-state index in [0.29, 0.717) is 0 Å². The number of hydrogen-bond acceptors (Lipinski definition) is 3. The third-order valence-electron chi connectivity index (χ3n) is 3.02. The molecule has 1 atom stereocenters. The van der Waals surface area contributed by atoms with E-state index < -0.39 is 30.5 Å². The van der Waals surface area contributed by atoms with Crippen LogP contribution in [0.15, 0.2) is 24.3 Å². The SMILES string of the molecule is COC(COC(C)C)(c1ccc(C(=O)O)cc1)C(F)(F)F. The summed E-state index contributed by atoms with van der Waals surface area (Å²) in [7, 11) is 0.947. The number of rotatable bonds is 6. The summed E-state index contributed by atoms with van der Waals surface area (Å²) in [6.07, 6.45) is -5.11. The molecule has 0 amide bonds. The van der Waals surface area contributed by atoms with Gasteiger partial charge in [0.25, 0.3) is 0 Å². The maximum absolute atomic E-state index is 13.4. The van der Waals surface area contributed by atoms with Gasteiger partial charge < -0.3 is 14.6 Å². The van der Waals surface area contributed by atoms with Crippen molar-refractivity contribution in [1.29, 1.82) is 0 Å². The topological polar surface area (TPSA) is 55.8 Å². The molecule has 1 aromatic carbocycles. The lowest BCUT2D eigenvalue weighted by atomic mass is 9.92. The van der Waals surface area contributed by atoms with E-state index in [-0.39, 0.29) is 11.1 Å². The first-order valence-electron chi connectivity index (χ1n) is 6.21. The normalized spacial score (nSPS) is 15.0. The second-order valence-electron chi connectivity index (χ2n) is 4.77. The quantitative estimate of drug-likeness (QED) is 0.877. The highest BCUT2D eigenvalue weighted by molar-refractivity contribution is 5.87. The Morgan fingerprint density at radius 3 is 2.10 bits per heavy atom. The molecule has 1 N–H and O–H groups in total. The van der Waals surface area contributed by atoms with E-state index in [2.05, 4.69) is 0 Å². The Hall–Kier alpha value is -1.60. The summed E-state index contributed by atoms with van der Waals surface area (Å²) in [4.78, 5) is 10.8. The van der Waals surface area contributed by atoms with Crippen molar-refractivity contribution in [3.63, 3.8) is 0 Å². The molecule has 0 aliphatic carbocycles. The van der Waals surface area contributed by atoms with Gasteiger partial charge in [0.2, 0.25) is 5.60 Å². The van der Waals surface area contributed by atoms with Gasteiger partial charge in [-0.05, 0) is 31.5 Å². The second kappa shape index (κ2) is 6.44. The fourth-order valence-electron chi connectivity index (χ4n) is 1.79. The maximum atomic E-state index is 13.4. The lowest BCUT2D eigenvalue weighted by Gasteiger charge is -2.35. The van der Waals surface area contributed by atoms with Crippen molar-refractivity contribution in [1.82, 2.24) is 0 Å². The first-order chi connectivity index (χ1) is 9.64. The van der Waals surface area contributed by atoms with Crippen LogP contribution in [-0.4, -0.2) is 37.1 Å². The fraction of sp³-hybridized carbons (Fsp3) is 0.500. The average molecular weight is 306 g/mol. The minimum Gasteiger partial charge on any atom is -0.478 e. The zero-order valence-corrected chi connectivity index (χ0v) is 11.9. The standard InChI is InChI=1S/C14H17F3O4/c1-9(2)21-8-13(20-3,14(15,16)17)11-6-4-10(5-7-11)12(18)19/h4-7,9H,8H2,1-3H3,(H,18,19). The third kappa shape index (κ3) is 3.74. The van der Waals surface area contributed by atoms with E-state index >= 15 is 0 Å². The van der Waals surface area contributed by atoms with Crippen LogP contribution in [0, 0.1) is 0 Å². The molecule has 0 heterocycles. The summed E-state index contributed by atoms with van der Waals surface area (Å²) < 4.78 is 50.2. The zero-order valence-electron chi connectivity index (χ0n) is 11.9. The number of benzene rings is 1. The van der Waals surface area contributed by atoms with E-state index in [1.54, 1.807) is 13.8 Å². The number of ether oxygens (including phenoxy) is 2. The van der Waals surface area contributed by atoms with Gasteiger partial charge in [-0.2, -0.15) is 13.2 Å². The van der Waals surface area contributed by atoms with E-state index in [1.807, 2.05) is 0 Å². The van der Waals surface area contributed by atoms with Crippen LogP contribution in [0.5, 0.6) is 0 Å². The van der Waals surface area contributed by atoms with Crippen LogP contribution in [0.3, 0.4) is 0 Å². The van der Waals surface area contributed by atoms with E-state index in [1.165, 1.54) is 0 Å². The van der Waals surface area contributed by atoms with Gasteiger partial charge in [0.1, 0.15) is 0 Å². The average Bonchev–Trinajstić information content (AvgIpc) is 2.38. The van der Waals surface area contributed by atoms with Gasteiger partial charge in [0, 0.05) is 7.11 Å². The van der Waals surface area contributed by atoms with Crippen molar-refractivity contribution in [2.75, 3.05) is 13.7 Å². The van der Waals surface area contributed by atoms with Crippen LogP contribution in [0.25, 0.3) is 0 Å². The largest absolute Gasteiger partial charge is 0.478 e. The minimum atomic E-state index is -4.71. The highest BCUT2D eigenvalue weighted by Gasteiger charge is 2.57. The molecule has 118 valence electrons. The molecule has 21 heavy (non-hydrogen) atoms. The Bertz CT molecular complexity index is 482. The smallest absolute Gasteiger partial charge is 0.424 e. The zero-order chi connectivity index (χ0) is 16.3. The second-order valence-corrected chi connectivity index (χ2v) is 4.77. The lowest BCUT2D eigenvalue weighted by Crippen LogP contribution is -2.48. The van der Waals surface area contributed by atoms with Crippen LogP contribution in [-0.2, 0) is 15.1 Å². The van der Waals surface area contributed by atoms with Crippen LogP contribution in [0.1, 0.15) is 29.8 Å². The monoisotopic (exact) mass is 306 g/mol. The van der Waals surface area contributed by atoms with E-state index in [4.69, 9.17) is 14.6 Å². The van der Waals surface area contributed by atoms with Crippen molar-refractivity contribution in [2.45, 2.75) is 31.7 Å². The Morgan fingerprint density at radius 1 is 1.24 bits per heavy atom. The van der Waals surface area contributed by atoms with Crippen molar-refractivity contribution in [3.8, 4) is 0 Å². The summed E-state index contributed by atoms with van der Waals surface area (Å²) in [5.74, 6) is -1.21. The number of aromatic carboxylic acids is 1. The lowest BCUT2D eigenvalue weighted by molar-refractivity contribution is -0.294. The van der Waals surface area contributed by atoms with Gasteiger partial charge in [-0.15, -0.1) is 0 Å². The van der Waals surface area contributed by atoms with Gasteiger partial charge in [-0.3, -0.25) is 0 Å². The fourth-order valence-corrected chi connectivity index (χ4v) is 1.79. The van der Waals surface area contributed by atoms with Gasteiger partial charge in [-0.1, -0.05) is 12.1 Å². The number of halogens is 3.